The summed E-state index contributed by atoms with van der Waals surface area (Å²) in [5, 5.41) is -0.193. The summed E-state index contributed by atoms with van der Waals surface area (Å²) in [4.78, 5) is 3.59. The van der Waals surface area contributed by atoms with Gasteiger partial charge in [-0.25, -0.2) is 4.98 Å². The van der Waals surface area contributed by atoms with Gasteiger partial charge in [0.05, 0.1) is 5.92 Å². The molecule has 7 heteroatoms. The first kappa shape index (κ1) is 13.5. The van der Waals surface area contributed by atoms with Crippen LogP contribution in [0.5, 0.6) is 0 Å². The molecule has 16 heavy (non-hydrogen) atoms. The number of halogens is 5. The molecule has 1 atom stereocenters. The number of alkyl halides is 3. The maximum absolute atomic E-state index is 12.7. The standard InChI is InChI=1S/C9H9Cl2F3N2/c1-4-2-6(10)16-8(11)7(4)5(3-15)9(12,13)14/h2,5H,3,15H2,1H3. The van der Waals surface area contributed by atoms with Gasteiger partial charge in [0.1, 0.15) is 10.3 Å². The number of aromatic nitrogens is 1. The van der Waals surface area contributed by atoms with Gasteiger partial charge in [0.25, 0.3) is 0 Å². The van der Waals surface area contributed by atoms with Gasteiger partial charge < -0.3 is 5.73 Å². The van der Waals surface area contributed by atoms with Crippen LogP contribution in [0.25, 0.3) is 0 Å². The van der Waals surface area contributed by atoms with E-state index in [1.807, 2.05) is 0 Å². The quantitative estimate of drug-likeness (QED) is 0.839. The predicted molar refractivity (Wildman–Crippen MR) is 56.8 cm³/mol. The summed E-state index contributed by atoms with van der Waals surface area (Å²) in [5.41, 5.74) is 5.35. The van der Waals surface area contributed by atoms with Crippen molar-refractivity contribution in [3.8, 4) is 0 Å². The number of nitrogens with two attached hydrogens (primary N) is 1. The fourth-order valence-corrected chi connectivity index (χ4v) is 2.10. The Hall–Kier alpha value is -0.520. The van der Waals surface area contributed by atoms with E-state index in [1.54, 1.807) is 0 Å². The molecule has 90 valence electrons. The Morgan fingerprint density at radius 2 is 2.00 bits per heavy atom. The first-order valence-corrected chi connectivity index (χ1v) is 5.12. The van der Waals surface area contributed by atoms with Crippen LogP contribution in [-0.4, -0.2) is 17.7 Å². The highest BCUT2D eigenvalue weighted by molar-refractivity contribution is 6.33. The summed E-state index contributed by atoms with van der Waals surface area (Å²) in [6.45, 7) is 0.913. The Kier molecular flexibility index (Phi) is 4.04. The third-order valence-corrected chi connectivity index (χ3v) is 2.65. The maximum atomic E-state index is 12.7. The molecule has 0 fully saturated rings. The molecular weight excluding hydrogens is 264 g/mol. The largest absolute Gasteiger partial charge is 0.397 e. The second-order valence-corrected chi connectivity index (χ2v) is 4.04. The second-order valence-electron chi connectivity index (χ2n) is 3.30. The number of aryl methyl sites for hydroxylation is 1. The van der Waals surface area contributed by atoms with Crippen LogP contribution in [0.4, 0.5) is 13.2 Å². The molecule has 1 aromatic heterocycles. The van der Waals surface area contributed by atoms with E-state index in [4.69, 9.17) is 28.9 Å². The van der Waals surface area contributed by atoms with E-state index >= 15 is 0 Å². The zero-order valence-corrected chi connectivity index (χ0v) is 9.79. The first-order valence-electron chi connectivity index (χ1n) is 4.36. The minimum Gasteiger partial charge on any atom is -0.330 e. The van der Waals surface area contributed by atoms with Crippen LogP contribution < -0.4 is 5.73 Å². The molecule has 1 rings (SSSR count). The molecule has 0 saturated carbocycles. The third kappa shape index (κ3) is 2.78. The maximum Gasteiger partial charge on any atom is 0.397 e. The third-order valence-electron chi connectivity index (χ3n) is 2.17. The normalized spacial score (nSPS) is 13.9. The molecule has 0 aliphatic rings. The van der Waals surface area contributed by atoms with Gasteiger partial charge in [0, 0.05) is 12.1 Å². The van der Waals surface area contributed by atoms with Crippen molar-refractivity contribution in [2.75, 3.05) is 6.54 Å². The van der Waals surface area contributed by atoms with Crippen molar-refractivity contribution >= 4 is 23.2 Å². The highest BCUT2D eigenvalue weighted by atomic mass is 35.5. The van der Waals surface area contributed by atoms with Crippen LogP contribution in [-0.2, 0) is 0 Å². The van der Waals surface area contributed by atoms with Gasteiger partial charge in [-0.15, -0.1) is 0 Å². The summed E-state index contributed by atoms with van der Waals surface area (Å²) in [6, 6.07) is 1.33. The Morgan fingerprint density at radius 1 is 1.44 bits per heavy atom. The lowest BCUT2D eigenvalue weighted by Crippen LogP contribution is -2.29. The van der Waals surface area contributed by atoms with Crippen molar-refractivity contribution in [3.05, 3.63) is 27.5 Å². The molecule has 0 amide bonds. The lowest BCUT2D eigenvalue weighted by molar-refractivity contribution is -0.148. The first-order chi connectivity index (χ1) is 7.27. The van der Waals surface area contributed by atoms with Gasteiger partial charge in [0.2, 0.25) is 0 Å². The lowest BCUT2D eigenvalue weighted by Gasteiger charge is -2.21. The van der Waals surface area contributed by atoms with Crippen molar-refractivity contribution in [1.82, 2.24) is 4.98 Å². The van der Waals surface area contributed by atoms with E-state index in [1.165, 1.54) is 13.0 Å². The zero-order chi connectivity index (χ0) is 12.5. The molecule has 1 unspecified atom stereocenters. The predicted octanol–water partition coefficient (Wildman–Crippen LogP) is 3.30. The molecule has 0 bridgehead atoms. The van der Waals surface area contributed by atoms with Crippen molar-refractivity contribution in [2.24, 2.45) is 5.73 Å². The number of hydrogen-bond donors (Lipinski definition) is 1. The monoisotopic (exact) mass is 272 g/mol. The summed E-state index contributed by atoms with van der Waals surface area (Å²) < 4.78 is 38.0. The minimum absolute atomic E-state index is 0.0594. The summed E-state index contributed by atoms with van der Waals surface area (Å²) >= 11 is 11.2. The van der Waals surface area contributed by atoms with E-state index in [0.29, 0.717) is 5.56 Å². The molecule has 2 nitrogen and oxygen atoms in total. The van der Waals surface area contributed by atoms with E-state index in [9.17, 15) is 13.2 Å². The smallest absolute Gasteiger partial charge is 0.330 e. The lowest BCUT2D eigenvalue weighted by atomic mass is 9.96. The molecule has 2 N–H and O–H groups in total. The summed E-state index contributed by atoms with van der Waals surface area (Å²) in [7, 11) is 0. The molecule has 0 saturated heterocycles. The van der Waals surface area contributed by atoms with Crippen LogP contribution >= 0.6 is 23.2 Å². The van der Waals surface area contributed by atoms with E-state index in [0.717, 1.165) is 0 Å². The van der Waals surface area contributed by atoms with Gasteiger partial charge in [0.15, 0.2) is 0 Å². The Labute approximate surface area is 101 Å². The van der Waals surface area contributed by atoms with Gasteiger partial charge in [-0.1, -0.05) is 23.2 Å². The van der Waals surface area contributed by atoms with Gasteiger partial charge in [-0.3, -0.25) is 0 Å². The van der Waals surface area contributed by atoms with Gasteiger partial charge in [-0.05, 0) is 18.6 Å². The van der Waals surface area contributed by atoms with Crippen molar-refractivity contribution < 1.29 is 13.2 Å². The van der Waals surface area contributed by atoms with Crippen molar-refractivity contribution in [2.45, 2.75) is 19.0 Å². The average Bonchev–Trinajstić information content (AvgIpc) is 2.08. The summed E-state index contributed by atoms with van der Waals surface area (Å²) in [6.07, 6.45) is -4.45. The van der Waals surface area contributed by atoms with Gasteiger partial charge in [-0.2, -0.15) is 13.2 Å². The topological polar surface area (TPSA) is 38.9 Å². The molecule has 1 heterocycles. The van der Waals surface area contributed by atoms with Gasteiger partial charge >= 0.3 is 6.18 Å². The van der Waals surface area contributed by atoms with E-state index < -0.39 is 18.6 Å². The Bertz CT molecular complexity index is 370. The molecule has 0 aliphatic carbocycles. The van der Waals surface area contributed by atoms with Crippen molar-refractivity contribution in [1.29, 1.82) is 0 Å². The molecule has 0 spiro atoms. The summed E-state index contributed by atoms with van der Waals surface area (Å²) in [5.74, 6) is -1.82. The minimum atomic E-state index is -4.45. The number of pyridine rings is 1. The Morgan fingerprint density at radius 3 is 2.38 bits per heavy atom. The van der Waals surface area contributed by atoms with Crippen LogP contribution in [0.1, 0.15) is 17.0 Å². The average molecular weight is 273 g/mol. The highest BCUT2D eigenvalue weighted by Gasteiger charge is 2.41. The molecule has 0 aliphatic heterocycles. The zero-order valence-electron chi connectivity index (χ0n) is 8.28. The number of nitrogens with zero attached hydrogens (tertiary/aromatic N) is 1. The molecule has 1 aromatic rings. The Balaban J connectivity index is 3.31. The molecule has 0 radical (unpaired) electrons. The molecule has 0 aromatic carbocycles. The highest BCUT2D eigenvalue weighted by Crippen LogP contribution is 2.38. The van der Waals surface area contributed by atoms with Crippen LogP contribution in [0.3, 0.4) is 0 Å². The fraction of sp³-hybridized carbons (Fsp3) is 0.444. The SMILES string of the molecule is Cc1cc(Cl)nc(Cl)c1C(CN)C(F)(F)F. The second kappa shape index (κ2) is 4.77. The number of hydrogen-bond acceptors (Lipinski definition) is 2. The van der Waals surface area contributed by atoms with Crippen molar-refractivity contribution in [3.63, 3.8) is 0 Å². The molecular formula is C9H9Cl2F3N2. The van der Waals surface area contributed by atoms with E-state index in [-0.39, 0.29) is 15.9 Å². The van der Waals surface area contributed by atoms with Crippen LogP contribution in [0.15, 0.2) is 6.07 Å². The van der Waals surface area contributed by atoms with E-state index in [2.05, 4.69) is 4.98 Å². The van der Waals surface area contributed by atoms with Crippen LogP contribution in [0.2, 0.25) is 10.3 Å². The van der Waals surface area contributed by atoms with Crippen LogP contribution in [0, 0.1) is 6.92 Å². The fourth-order valence-electron chi connectivity index (χ4n) is 1.44. The number of rotatable bonds is 2.